The van der Waals surface area contributed by atoms with Gasteiger partial charge in [-0.25, -0.2) is 4.39 Å². The summed E-state index contributed by atoms with van der Waals surface area (Å²) in [6.07, 6.45) is -0.124. The van der Waals surface area contributed by atoms with Crippen LogP contribution in [0.5, 0.6) is 0 Å². The standard InChI is InChI=1S/C13H20FNO/c1-13(2,3)16-12(9-15-4)10-6-5-7-11(14)8-10/h5-8,12,15H,9H2,1-4H3. The maximum Gasteiger partial charge on any atom is 0.123 e. The minimum absolute atomic E-state index is 0.124. The Morgan fingerprint density at radius 2 is 2.06 bits per heavy atom. The van der Waals surface area contributed by atoms with Gasteiger partial charge in [-0.05, 0) is 45.5 Å². The average Bonchev–Trinajstić information content (AvgIpc) is 2.15. The molecule has 0 spiro atoms. The summed E-state index contributed by atoms with van der Waals surface area (Å²) in [4.78, 5) is 0. The zero-order valence-corrected chi connectivity index (χ0v) is 10.4. The highest BCUT2D eigenvalue weighted by Crippen LogP contribution is 2.23. The Morgan fingerprint density at radius 3 is 2.56 bits per heavy atom. The van der Waals surface area contributed by atoms with Gasteiger partial charge in [-0.1, -0.05) is 12.1 Å². The topological polar surface area (TPSA) is 21.3 Å². The van der Waals surface area contributed by atoms with E-state index in [4.69, 9.17) is 4.74 Å². The first-order valence-electron chi connectivity index (χ1n) is 5.50. The van der Waals surface area contributed by atoms with Crippen LogP contribution in [0, 0.1) is 5.82 Å². The summed E-state index contributed by atoms with van der Waals surface area (Å²) in [7, 11) is 1.86. The summed E-state index contributed by atoms with van der Waals surface area (Å²) >= 11 is 0. The molecule has 0 saturated carbocycles. The van der Waals surface area contributed by atoms with Gasteiger partial charge in [-0.2, -0.15) is 0 Å². The number of nitrogens with one attached hydrogen (secondary N) is 1. The molecule has 0 radical (unpaired) electrons. The number of ether oxygens (including phenoxy) is 1. The number of likely N-dealkylation sites (N-methyl/N-ethyl adjacent to an activating group) is 1. The van der Waals surface area contributed by atoms with Gasteiger partial charge in [-0.3, -0.25) is 0 Å². The van der Waals surface area contributed by atoms with Crippen molar-refractivity contribution < 1.29 is 9.13 Å². The van der Waals surface area contributed by atoms with Crippen molar-refractivity contribution in [2.24, 2.45) is 0 Å². The quantitative estimate of drug-likeness (QED) is 0.850. The van der Waals surface area contributed by atoms with Crippen LogP contribution in [-0.2, 0) is 4.74 Å². The van der Waals surface area contributed by atoms with E-state index < -0.39 is 0 Å². The van der Waals surface area contributed by atoms with Gasteiger partial charge < -0.3 is 10.1 Å². The van der Waals surface area contributed by atoms with Gasteiger partial charge in [0.1, 0.15) is 5.82 Å². The Balaban J connectivity index is 2.85. The van der Waals surface area contributed by atoms with Gasteiger partial charge in [0.25, 0.3) is 0 Å². The van der Waals surface area contributed by atoms with Gasteiger partial charge in [0.05, 0.1) is 11.7 Å². The first kappa shape index (κ1) is 13.1. The number of rotatable bonds is 4. The molecule has 0 aliphatic carbocycles. The Bertz CT molecular complexity index is 333. The summed E-state index contributed by atoms with van der Waals surface area (Å²) in [5.74, 6) is -0.226. The molecule has 0 heterocycles. The molecule has 0 amide bonds. The van der Waals surface area contributed by atoms with Crippen LogP contribution in [0.15, 0.2) is 24.3 Å². The molecule has 1 aromatic rings. The Kier molecular flexibility index (Phi) is 4.44. The van der Waals surface area contributed by atoms with Crippen LogP contribution in [0.2, 0.25) is 0 Å². The lowest BCUT2D eigenvalue weighted by Crippen LogP contribution is -2.28. The molecule has 1 aromatic carbocycles. The van der Waals surface area contributed by atoms with Crippen LogP contribution >= 0.6 is 0 Å². The van der Waals surface area contributed by atoms with Crippen molar-refractivity contribution in [3.05, 3.63) is 35.6 Å². The maximum atomic E-state index is 13.1. The molecule has 0 aliphatic rings. The zero-order chi connectivity index (χ0) is 12.2. The summed E-state index contributed by atoms with van der Waals surface area (Å²) in [5.41, 5.74) is 0.623. The smallest absolute Gasteiger partial charge is 0.123 e. The molecule has 0 fully saturated rings. The highest BCUT2D eigenvalue weighted by Gasteiger charge is 2.20. The van der Waals surface area contributed by atoms with Crippen LogP contribution in [0.3, 0.4) is 0 Å². The Hall–Kier alpha value is -0.930. The first-order chi connectivity index (χ1) is 7.42. The highest BCUT2D eigenvalue weighted by molar-refractivity contribution is 5.19. The molecular weight excluding hydrogens is 205 g/mol. The molecule has 0 aromatic heterocycles. The normalized spacial score (nSPS) is 13.8. The van der Waals surface area contributed by atoms with Crippen LogP contribution < -0.4 is 5.32 Å². The molecule has 3 heteroatoms. The fourth-order valence-corrected chi connectivity index (χ4v) is 1.55. The largest absolute Gasteiger partial charge is 0.367 e. The van der Waals surface area contributed by atoms with Gasteiger partial charge in [0, 0.05) is 6.54 Å². The summed E-state index contributed by atoms with van der Waals surface area (Å²) < 4.78 is 19.0. The molecule has 1 N–H and O–H groups in total. The van der Waals surface area contributed by atoms with E-state index in [1.807, 2.05) is 33.9 Å². The number of benzene rings is 1. The molecule has 2 nitrogen and oxygen atoms in total. The molecule has 0 aliphatic heterocycles. The lowest BCUT2D eigenvalue weighted by atomic mass is 10.1. The summed E-state index contributed by atoms with van der Waals surface area (Å²) in [5, 5.41) is 3.06. The van der Waals surface area contributed by atoms with E-state index in [2.05, 4.69) is 5.32 Å². The fourth-order valence-electron chi connectivity index (χ4n) is 1.55. The molecule has 90 valence electrons. The number of hydrogen-bond donors (Lipinski definition) is 1. The maximum absolute atomic E-state index is 13.1. The predicted molar refractivity (Wildman–Crippen MR) is 63.9 cm³/mol. The third kappa shape index (κ3) is 4.29. The van der Waals surface area contributed by atoms with Crippen molar-refractivity contribution >= 4 is 0 Å². The minimum Gasteiger partial charge on any atom is -0.367 e. The Labute approximate surface area is 96.8 Å². The highest BCUT2D eigenvalue weighted by atomic mass is 19.1. The van der Waals surface area contributed by atoms with E-state index >= 15 is 0 Å². The lowest BCUT2D eigenvalue weighted by molar-refractivity contribution is -0.0600. The van der Waals surface area contributed by atoms with E-state index in [0.717, 1.165) is 5.56 Å². The SMILES string of the molecule is CNCC(OC(C)(C)C)c1cccc(F)c1. The monoisotopic (exact) mass is 225 g/mol. The molecule has 1 rings (SSSR count). The van der Waals surface area contributed by atoms with Gasteiger partial charge in [0.15, 0.2) is 0 Å². The van der Waals surface area contributed by atoms with E-state index in [1.165, 1.54) is 12.1 Å². The second-order valence-electron chi connectivity index (χ2n) is 4.83. The van der Waals surface area contributed by atoms with E-state index in [0.29, 0.717) is 6.54 Å². The van der Waals surface area contributed by atoms with Crippen molar-refractivity contribution in [2.75, 3.05) is 13.6 Å². The van der Waals surface area contributed by atoms with E-state index in [-0.39, 0.29) is 17.5 Å². The first-order valence-corrected chi connectivity index (χ1v) is 5.50. The van der Waals surface area contributed by atoms with Crippen LogP contribution in [0.25, 0.3) is 0 Å². The number of halogens is 1. The van der Waals surface area contributed by atoms with Crippen molar-refractivity contribution in [3.63, 3.8) is 0 Å². The van der Waals surface area contributed by atoms with Gasteiger partial charge >= 0.3 is 0 Å². The molecule has 1 atom stereocenters. The molecule has 0 bridgehead atoms. The summed E-state index contributed by atoms with van der Waals surface area (Å²) in [6.45, 7) is 6.65. The van der Waals surface area contributed by atoms with Crippen molar-refractivity contribution in [3.8, 4) is 0 Å². The van der Waals surface area contributed by atoms with Gasteiger partial charge in [-0.15, -0.1) is 0 Å². The predicted octanol–water partition coefficient (Wildman–Crippen LogP) is 2.90. The third-order valence-corrected chi connectivity index (χ3v) is 2.11. The van der Waals surface area contributed by atoms with Crippen molar-refractivity contribution in [2.45, 2.75) is 32.5 Å². The molecule has 1 unspecified atom stereocenters. The molecular formula is C13H20FNO. The van der Waals surface area contributed by atoms with Gasteiger partial charge in [0.2, 0.25) is 0 Å². The number of hydrogen-bond acceptors (Lipinski definition) is 2. The average molecular weight is 225 g/mol. The Morgan fingerprint density at radius 1 is 1.38 bits per heavy atom. The third-order valence-electron chi connectivity index (χ3n) is 2.11. The van der Waals surface area contributed by atoms with Crippen LogP contribution in [0.4, 0.5) is 4.39 Å². The van der Waals surface area contributed by atoms with Crippen molar-refractivity contribution in [1.82, 2.24) is 5.32 Å². The fraction of sp³-hybridized carbons (Fsp3) is 0.538. The van der Waals surface area contributed by atoms with Crippen LogP contribution in [0.1, 0.15) is 32.4 Å². The minimum atomic E-state index is -0.242. The zero-order valence-electron chi connectivity index (χ0n) is 10.4. The molecule has 0 saturated heterocycles. The second kappa shape index (κ2) is 5.41. The van der Waals surface area contributed by atoms with E-state index in [9.17, 15) is 4.39 Å². The van der Waals surface area contributed by atoms with Crippen molar-refractivity contribution in [1.29, 1.82) is 0 Å². The molecule has 16 heavy (non-hydrogen) atoms. The second-order valence-corrected chi connectivity index (χ2v) is 4.83. The van der Waals surface area contributed by atoms with Crippen LogP contribution in [-0.4, -0.2) is 19.2 Å². The summed E-state index contributed by atoms with van der Waals surface area (Å²) in [6, 6.07) is 6.56. The lowest BCUT2D eigenvalue weighted by Gasteiger charge is -2.27. The van der Waals surface area contributed by atoms with E-state index in [1.54, 1.807) is 6.07 Å².